The summed E-state index contributed by atoms with van der Waals surface area (Å²) in [4.78, 5) is 24.2. The van der Waals surface area contributed by atoms with Crippen molar-refractivity contribution >= 4 is 29.0 Å². The molecule has 0 aliphatic heterocycles. The Labute approximate surface area is 155 Å². The third kappa shape index (κ3) is 3.55. The van der Waals surface area contributed by atoms with Crippen LogP contribution in [0.2, 0.25) is 5.02 Å². The number of fused-ring (bicyclic) bond motifs is 1. The summed E-state index contributed by atoms with van der Waals surface area (Å²) in [5.41, 5.74) is 3.26. The summed E-state index contributed by atoms with van der Waals surface area (Å²) in [6.07, 6.45) is 2.37. The van der Waals surface area contributed by atoms with E-state index in [-0.39, 0.29) is 5.91 Å². The standard InChI is InChI=1S/C19H18ClN3O3/c1-3-15-17(16-10-14(20)8-9-23(16)22-15)18(24)21-11-12-4-6-13(7-5-12)19(25)26-2/h4-10H,3,11H2,1-2H3,(H,21,24). The van der Waals surface area contributed by atoms with Crippen LogP contribution < -0.4 is 5.32 Å². The van der Waals surface area contributed by atoms with Crippen LogP contribution in [0, 0.1) is 0 Å². The van der Waals surface area contributed by atoms with Crippen LogP contribution in [0.5, 0.6) is 0 Å². The van der Waals surface area contributed by atoms with E-state index < -0.39 is 5.97 Å². The molecule has 0 aliphatic carbocycles. The van der Waals surface area contributed by atoms with Gasteiger partial charge < -0.3 is 10.1 Å². The highest BCUT2D eigenvalue weighted by Gasteiger charge is 2.18. The van der Waals surface area contributed by atoms with Crippen molar-refractivity contribution in [3.8, 4) is 0 Å². The number of hydrogen-bond donors (Lipinski definition) is 1. The first-order valence-electron chi connectivity index (χ1n) is 8.15. The monoisotopic (exact) mass is 371 g/mol. The lowest BCUT2D eigenvalue weighted by Gasteiger charge is -2.07. The Kier molecular flexibility index (Phi) is 5.23. The molecule has 1 amide bonds. The number of benzene rings is 1. The highest BCUT2D eigenvalue weighted by molar-refractivity contribution is 6.31. The number of esters is 1. The van der Waals surface area contributed by atoms with Gasteiger partial charge in [0.05, 0.1) is 29.4 Å². The van der Waals surface area contributed by atoms with Gasteiger partial charge in [0.2, 0.25) is 0 Å². The molecule has 0 saturated heterocycles. The second kappa shape index (κ2) is 7.58. The molecule has 0 unspecified atom stereocenters. The second-order valence-electron chi connectivity index (χ2n) is 5.72. The maximum absolute atomic E-state index is 12.7. The number of halogens is 1. The van der Waals surface area contributed by atoms with Gasteiger partial charge in [-0.3, -0.25) is 4.79 Å². The SMILES string of the molecule is CCc1nn2ccc(Cl)cc2c1C(=O)NCc1ccc(C(=O)OC)cc1. The highest BCUT2D eigenvalue weighted by atomic mass is 35.5. The number of carbonyl (C=O) groups is 2. The number of carbonyl (C=O) groups excluding carboxylic acids is 2. The molecule has 0 spiro atoms. The minimum Gasteiger partial charge on any atom is -0.465 e. The number of rotatable bonds is 5. The molecule has 0 atom stereocenters. The van der Waals surface area contributed by atoms with Gasteiger partial charge in [0.1, 0.15) is 0 Å². The lowest BCUT2D eigenvalue weighted by Crippen LogP contribution is -2.23. The van der Waals surface area contributed by atoms with E-state index in [0.29, 0.717) is 40.3 Å². The zero-order chi connectivity index (χ0) is 18.7. The summed E-state index contributed by atoms with van der Waals surface area (Å²) in [6, 6.07) is 10.3. The van der Waals surface area contributed by atoms with Gasteiger partial charge in [-0.1, -0.05) is 30.7 Å². The van der Waals surface area contributed by atoms with Crippen molar-refractivity contribution in [2.24, 2.45) is 0 Å². The zero-order valence-corrected chi connectivity index (χ0v) is 15.2. The molecule has 3 aromatic rings. The van der Waals surface area contributed by atoms with E-state index in [2.05, 4.69) is 15.2 Å². The van der Waals surface area contributed by atoms with E-state index in [4.69, 9.17) is 11.6 Å². The molecule has 7 heteroatoms. The molecule has 0 bridgehead atoms. The van der Waals surface area contributed by atoms with Crippen LogP contribution in [-0.2, 0) is 17.7 Å². The molecule has 2 heterocycles. The van der Waals surface area contributed by atoms with Crippen molar-refractivity contribution in [2.45, 2.75) is 19.9 Å². The Balaban J connectivity index is 1.79. The van der Waals surface area contributed by atoms with Crippen LogP contribution in [0.25, 0.3) is 5.52 Å². The summed E-state index contributed by atoms with van der Waals surface area (Å²) in [7, 11) is 1.34. The van der Waals surface area contributed by atoms with Gasteiger partial charge in [-0.15, -0.1) is 0 Å². The Hall–Kier alpha value is -2.86. The van der Waals surface area contributed by atoms with Crippen molar-refractivity contribution in [3.05, 3.63) is 70.0 Å². The largest absolute Gasteiger partial charge is 0.465 e. The van der Waals surface area contributed by atoms with E-state index >= 15 is 0 Å². The van der Waals surface area contributed by atoms with Crippen molar-refractivity contribution in [3.63, 3.8) is 0 Å². The normalized spacial score (nSPS) is 10.7. The topological polar surface area (TPSA) is 72.7 Å². The number of ether oxygens (including phenoxy) is 1. The first-order chi connectivity index (χ1) is 12.5. The van der Waals surface area contributed by atoms with Gasteiger partial charge >= 0.3 is 5.97 Å². The molecule has 134 valence electrons. The number of aromatic nitrogens is 2. The summed E-state index contributed by atoms with van der Waals surface area (Å²) >= 11 is 6.06. The Morgan fingerprint density at radius 1 is 1.23 bits per heavy atom. The second-order valence-corrected chi connectivity index (χ2v) is 6.16. The highest BCUT2D eigenvalue weighted by Crippen LogP contribution is 2.20. The first kappa shape index (κ1) is 17.9. The lowest BCUT2D eigenvalue weighted by atomic mass is 10.1. The smallest absolute Gasteiger partial charge is 0.337 e. The van der Waals surface area contributed by atoms with Crippen molar-refractivity contribution in [2.75, 3.05) is 7.11 Å². The van der Waals surface area contributed by atoms with Crippen LogP contribution in [-0.4, -0.2) is 28.6 Å². The van der Waals surface area contributed by atoms with Gasteiger partial charge in [0, 0.05) is 17.8 Å². The molecule has 1 aromatic carbocycles. The molecule has 6 nitrogen and oxygen atoms in total. The maximum atomic E-state index is 12.7. The van der Waals surface area contributed by atoms with Crippen LogP contribution in [0.15, 0.2) is 42.6 Å². The minimum absolute atomic E-state index is 0.212. The summed E-state index contributed by atoms with van der Waals surface area (Å²) in [5.74, 6) is -0.604. The Morgan fingerprint density at radius 3 is 2.62 bits per heavy atom. The number of amides is 1. The van der Waals surface area contributed by atoms with E-state index in [1.54, 1.807) is 47.1 Å². The molecule has 0 aliphatic rings. The molecule has 26 heavy (non-hydrogen) atoms. The predicted octanol–water partition coefficient (Wildman–Crippen LogP) is 3.27. The summed E-state index contributed by atoms with van der Waals surface area (Å²) in [6.45, 7) is 2.28. The van der Waals surface area contributed by atoms with Gasteiger partial charge in [0.25, 0.3) is 5.91 Å². The van der Waals surface area contributed by atoms with Gasteiger partial charge in [-0.2, -0.15) is 5.10 Å². The number of pyridine rings is 1. The van der Waals surface area contributed by atoms with Crippen molar-refractivity contribution in [1.29, 1.82) is 0 Å². The lowest BCUT2D eigenvalue weighted by molar-refractivity contribution is 0.0600. The first-order valence-corrected chi connectivity index (χ1v) is 8.53. The Bertz CT molecular complexity index is 964. The van der Waals surface area contributed by atoms with Crippen LogP contribution >= 0.6 is 11.6 Å². The fraction of sp³-hybridized carbons (Fsp3) is 0.211. The number of hydrogen-bond acceptors (Lipinski definition) is 4. The van der Waals surface area contributed by atoms with E-state index in [0.717, 1.165) is 5.56 Å². The summed E-state index contributed by atoms with van der Waals surface area (Å²) in [5, 5.41) is 7.88. The summed E-state index contributed by atoms with van der Waals surface area (Å²) < 4.78 is 6.33. The zero-order valence-electron chi connectivity index (χ0n) is 14.5. The minimum atomic E-state index is -0.392. The van der Waals surface area contributed by atoms with E-state index in [1.807, 2.05) is 6.92 Å². The number of nitrogens with zero attached hydrogens (tertiary/aromatic N) is 2. The van der Waals surface area contributed by atoms with Crippen LogP contribution in [0.4, 0.5) is 0 Å². The molecule has 1 N–H and O–H groups in total. The molecular weight excluding hydrogens is 354 g/mol. The van der Waals surface area contributed by atoms with E-state index in [9.17, 15) is 9.59 Å². The van der Waals surface area contributed by atoms with Crippen LogP contribution in [0.1, 0.15) is 38.9 Å². The van der Waals surface area contributed by atoms with Crippen molar-refractivity contribution < 1.29 is 14.3 Å². The molecule has 0 fully saturated rings. The van der Waals surface area contributed by atoms with Crippen LogP contribution in [0.3, 0.4) is 0 Å². The predicted molar refractivity (Wildman–Crippen MR) is 98.5 cm³/mol. The number of aryl methyl sites for hydroxylation is 1. The average molecular weight is 372 g/mol. The van der Waals surface area contributed by atoms with Gasteiger partial charge in [-0.25, -0.2) is 9.31 Å². The number of nitrogens with one attached hydrogen (secondary N) is 1. The third-order valence-corrected chi connectivity index (χ3v) is 4.29. The van der Waals surface area contributed by atoms with Gasteiger partial charge in [0.15, 0.2) is 0 Å². The molecule has 2 aromatic heterocycles. The quantitative estimate of drug-likeness (QED) is 0.699. The molecule has 0 saturated carbocycles. The van der Waals surface area contributed by atoms with Crippen molar-refractivity contribution in [1.82, 2.24) is 14.9 Å². The fourth-order valence-corrected chi connectivity index (χ4v) is 2.87. The van der Waals surface area contributed by atoms with Gasteiger partial charge in [-0.05, 0) is 36.2 Å². The fourth-order valence-electron chi connectivity index (χ4n) is 2.71. The maximum Gasteiger partial charge on any atom is 0.337 e. The number of methoxy groups -OCH3 is 1. The third-order valence-electron chi connectivity index (χ3n) is 4.06. The van der Waals surface area contributed by atoms with E-state index in [1.165, 1.54) is 7.11 Å². The average Bonchev–Trinajstić information content (AvgIpc) is 3.03. The molecule has 3 rings (SSSR count). The Morgan fingerprint density at radius 2 is 1.96 bits per heavy atom. The molecular formula is C19H18ClN3O3. The molecule has 0 radical (unpaired) electrons.